The number of nitrogens with zero attached hydrogens (tertiary/aromatic N) is 6. The molecule has 8 aromatic rings. The first-order chi connectivity index (χ1) is 19.2. The van der Waals surface area contributed by atoms with Crippen LogP contribution in [-0.4, -0.2) is 29.1 Å². The average molecular weight is 507 g/mol. The van der Waals surface area contributed by atoms with Crippen molar-refractivity contribution < 1.29 is 4.74 Å². The second kappa shape index (κ2) is 8.10. The van der Waals surface area contributed by atoms with Crippen LogP contribution in [0.25, 0.3) is 55.1 Å². The number of hydrogen-bond acceptors (Lipinski definition) is 5. The van der Waals surface area contributed by atoms with Gasteiger partial charge < -0.3 is 4.74 Å². The van der Waals surface area contributed by atoms with Gasteiger partial charge in [0, 0.05) is 39.9 Å². The Morgan fingerprint density at radius 1 is 0.667 bits per heavy atom. The third-order valence-corrected chi connectivity index (χ3v) is 7.25. The lowest BCUT2D eigenvalue weighted by molar-refractivity contribution is 0.476. The summed E-state index contributed by atoms with van der Waals surface area (Å²) in [6.45, 7) is 3.88. The van der Waals surface area contributed by atoms with Gasteiger partial charge in [0.25, 0.3) is 0 Å². The van der Waals surface area contributed by atoms with Gasteiger partial charge >= 0.3 is 0 Å². The molecule has 0 aliphatic heterocycles. The van der Waals surface area contributed by atoms with Crippen LogP contribution in [0.2, 0.25) is 0 Å². The van der Waals surface area contributed by atoms with Gasteiger partial charge in [0.05, 0.1) is 27.9 Å². The normalized spacial score (nSPS) is 11.8. The van der Waals surface area contributed by atoms with E-state index in [9.17, 15) is 0 Å². The Kier molecular flexibility index (Phi) is 4.52. The van der Waals surface area contributed by atoms with Crippen LogP contribution >= 0.6 is 0 Å². The van der Waals surface area contributed by atoms with E-state index >= 15 is 0 Å². The third-order valence-electron chi connectivity index (χ3n) is 7.25. The van der Waals surface area contributed by atoms with Crippen LogP contribution in [0.3, 0.4) is 0 Å². The predicted octanol–water partition coefficient (Wildman–Crippen LogP) is 7.33. The van der Waals surface area contributed by atoms with Gasteiger partial charge in [-0.25, -0.2) is 19.5 Å². The van der Waals surface area contributed by atoms with E-state index in [4.69, 9.17) is 19.7 Å². The number of pyridine rings is 3. The SMILES string of the molecule is Cc1nc2c3ccccc3c3nc(C)c(Oc4cccc(-n5c6ccccc6c6cccnc65)c4)cc3n2n1. The summed E-state index contributed by atoms with van der Waals surface area (Å²) in [4.78, 5) is 14.4. The molecule has 0 saturated carbocycles. The predicted molar refractivity (Wildman–Crippen MR) is 154 cm³/mol. The summed E-state index contributed by atoms with van der Waals surface area (Å²) >= 11 is 0. The minimum Gasteiger partial charge on any atom is -0.455 e. The summed E-state index contributed by atoms with van der Waals surface area (Å²) in [6, 6.07) is 30.7. The van der Waals surface area contributed by atoms with E-state index in [0.717, 1.165) is 55.4 Å². The number of benzene rings is 3. The van der Waals surface area contributed by atoms with Gasteiger partial charge in [0.2, 0.25) is 0 Å². The lowest BCUT2D eigenvalue weighted by Crippen LogP contribution is -1.99. The molecule has 7 nitrogen and oxygen atoms in total. The van der Waals surface area contributed by atoms with Gasteiger partial charge in [-0.05, 0) is 44.2 Å². The topological polar surface area (TPSA) is 70.1 Å². The maximum Gasteiger partial charge on any atom is 0.164 e. The lowest BCUT2D eigenvalue weighted by Gasteiger charge is -2.13. The average Bonchev–Trinajstić information content (AvgIpc) is 3.52. The van der Waals surface area contributed by atoms with Crippen molar-refractivity contribution in [2.45, 2.75) is 13.8 Å². The largest absolute Gasteiger partial charge is 0.455 e. The van der Waals surface area contributed by atoms with Crippen LogP contribution in [0.15, 0.2) is 97.2 Å². The minimum absolute atomic E-state index is 0.671. The summed E-state index contributed by atoms with van der Waals surface area (Å²) in [7, 11) is 0. The molecule has 0 atom stereocenters. The van der Waals surface area contributed by atoms with Crippen LogP contribution < -0.4 is 4.74 Å². The number of hydrogen-bond donors (Lipinski definition) is 0. The van der Waals surface area contributed by atoms with E-state index < -0.39 is 0 Å². The Morgan fingerprint density at radius 2 is 1.44 bits per heavy atom. The van der Waals surface area contributed by atoms with E-state index in [2.05, 4.69) is 58.2 Å². The molecule has 0 N–H and O–H groups in total. The van der Waals surface area contributed by atoms with E-state index in [1.807, 2.05) is 67.0 Å². The molecular weight excluding hydrogens is 484 g/mol. The number of ether oxygens (including phenoxy) is 1. The van der Waals surface area contributed by atoms with Gasteiger partial charge in [-0.2, -0.15) is 5.10 Å². The molecule has 0 fully saturated rings. The van der Waals surface area contributed by atoms with Gasteiger partial charge in [-0.15, -0.1) is 0 Å². The number of aromatic nitrogens is 6. The Bertz CT molecular complexity index is 2190. The lowest BCUT2D eigenvalue weighted by atomic mass is 10.1. The molecular formula is C32H22N6O. The standard InChI is InChI=1S/C32H22N6O/c1-19-29(18-28-30(34-19)24-12-3-4-13-26(24)32-35-20(2)36-38(28)32)39-22-10-7-9-21(17-22)37-27-15-6-5-11-23(27)25-14-8-16-33-31(25)37/h3-18H,1-2H3. The Balaban J connectivity index is 1.29. The molecule has 5 heterocycles. The molecule has 0 amide bonds. The van der Waals surface area contributed by atoms with E-state index in [1.165, 1.54) is 5.39 Å². The first kappa shape index (κ1) is 21.8. The molecule has 0 saturated heterocycles. The van der Waals surface area contributed by atoms with Crippen LogP contribution in [0.4, 0.5) is 0 Å². The maximum absolute atomic E-state index is 6.49. The molecule has 5 aromatic heterocycles. The smallest absolute Gasteiger partial charge is 0.164 e. The van der Waals surface area contributed by atoms with Gasteiger partial charge in [-0.1, -0.05) is 48.5 Å². The molecule has 0 unspecified atom stereocenters. The van der Waals surface area contributed by atoms with Crippen LogP contribution in [0.5, 0.6) is 11.5 Å². The quantitative estimate of drug-likeness (QED) is 0.235. The van der Waals surface area contributed by atoms with Crippen molar-refractivity contribution >= 4 is 49.4 Å². The van der Waals surface area contributed by atoms with E-state index in [0.29, 0.717) is 17.3 Å². The van der Waals surface area contributed by atoms with Crippen LogP contribution in [-0.2, 0) is 0 Å². The maximum atomic E-state index is 6.49. The number of fused-ring (bicyclic) bond motifs is 9. The van der Waals surface area contributed by atoms with Crippen molar-refractivity contribution in [3.63, 3.8) is 0 Å². The first-order valence-corrected chi connectivity index (χ1v) is 12.8. The Labute approximate surface area is 223 Å². The highest BCUT2D eigenvalue weighted by molar-refractivity contribution is 6.10. The summed E-state index contributed by atoms with van der Waals surface area (Å²) in [5, 5.41) is 9.03. The molecule has 0 radical (unpaired) electrons. The van der Waals surface area contributed by atoms with Gasteiger partial charge in [0.1, 0.15) is 17.2 Å². The molecule has 39 heavy (non-hydrogen) atoms. The summed E-state index contributed by atoms with van der Waals surface area (Å²) in [5.74, 6) is 2.10. The summed E-state index contributed by atoms with van der Waals surface area (Å²) in [6.07, 6.45) is 1.83. The Morgan fingerprint density at radius 3 is 2.33 bits per heavy atom. The van der Waals surface area contributed by atoms with Crippen molar-refractivity contribution in [2.24, 2.45) is 0 Å². The molecule has 0 spiro atoms. The zero-order valence-electron chi connectivity index (χ0n) is 21.3. The molecule has 186 valence electrons. The fourth-order valence-corrected chi connectivity index (χ4v) is 5.55. The highest BCUT2D eigenvalue weighted by Crippen LogP contribution is 2.35. The van der Waals surface area contributed by atoms with E-state index in [1.54, 1.807) is 0 Å². The first-order valence-electron chi connectivity index (χ1n) is 12.8. The summed E-state index contributed by atoms with van der Waals surface area (Å²) in [5.41, 5.74) is 6.33. The highest BCUT2D eigenvalue weighted by atomic mass is 16.5. The number of aryl methyl sites for hydroxylation is 2. The van der Waals surface area contributed by atoms with Crippen LogP contribution in [0.1, 0.15) is 11.5 Å². The monoisotopic (exact) mass is 506 g/mol. The number of para-hydroxylation sites is 1. The molecule has 3 aromatic carbocycles. The van der Waals surface area contributed by atoms with Crippen molar-refractivity contribution in [3.8, 4) is 17.2 Å². The second-order valence-corrected chi connectivity index (χ2v) is 9.71. The molecule has 0 bridgehead atoms. The second-order valence-electron chi connectivity index (χ2n) is 9.71. The number of rotatable bonds is 3. The van der Waals surface area contributed by atoms with E-state index in [-0.39, 0.29) is 0 Å². The fraction of sp³-hybridized carbons (Fsp3) is 0.0625. The van der Waals surface area contributed by atoms with Gasteiger partial charge in [0.15, 0.2) is 11.4 Å². The zero-order chi connectivity index (χ0) is 26.1. The Hall–Kier alpha value is -5.30. The van der Waals surface area contributed by atoms with Crippen molar-refractivity contribution in [1.29, 1.82) is 0 Å². The van der Waals surface area contributed by atoms with Crippen molar-refractivity contribution in [1.82, 2.24) is 29.1 Å². The minimum atomic E-state index is 0.671. The summed E-state index contributed by atoms with van der Waals surface area (Å²) < 4.78 is 10.5. The molecule has 0 aliphatic rings. The van der Waals surface area contributed by atoms with Crippen molar-refractivity contribution in [2.75, 3.05) is 0 Å². The molecule has 8 rings (SSSR count). The fourth-order valence-electron chi connectivity index (χ4n) is 5.55. The van der Waals surface area contributed by atoms with Gasteiger partial charge in [-0.3, -0.25) is 4.57 Å². The molecule has 7 heteroatoms. The molecule has 0 aliphatic carbocycles. The van der Waals surface area contributed by atoms with Crippen LogP contribution in [0, 0.1) is 13.8 Å². The zero-order valence-corrected chi connectivity index (χ0v) is 21.3. The van der Waals surface area contributed by atoms with Crippen molar-refractivity contribution in [3.05, 3.63) is 109 Å². The highest BCUT2D eigenvalue weighted by Gasteiger charge is 2.17. The third kappa shape index (κ3) is 3.23.